The predicted molar refractivity (Wildman–Crippen MR) is 114 cm³/mol. The van der Waals surface area contributed by atoms with Gasteiger partial charge in [-0.05, 0) is 41.8 Å². The molecule has 3 heterocycles. The lowest BCUT2D eigenvalue weighted by Crippen LogP contribution is -2.34. The van der Waals surface area contributed by atoms with Gasteiger partial charge in [0, 0.05) is 38.2 Å². The summed E-state index contributed by atoms with van der Waals surface area (Å²) in [6.45, 7) is 2.29. The molecule has 0 spiro atoms. The Hall–Kier alpha value is -2.77. The minimum absolute atomic E-state index is 0. The summed E-state index contributed by atoms with van der Waals surface area (Å²) in [6, 6.07) is 11.4. The summed E-state index contributed by atoms with van der Waals surface area (Å²) < 4.78 is 15.3. The lowest BCUT2D eigenvalue weighted by Gasteiger charge is -2.28. The van der Waals surface area contributed by atoms with Crippen LogP contribution in [-0.2, 0) is 7.05 Å². The number of hydrogen-bond acceptors (Lipinski definition) is 4. The van der Waals surface area contributed by atoms with Crippen molar-refractivity contribution in [2.24, 2.45) is 18.9 Å². The Labute approximate surface area is 179 Å². The molecule has 8 heteroatoms. The number of benzene rings is 2. The Morgan fingerprint density at radius 1 is 1.20 bits per heavy atom. The summed E-state index contributed by atoms with van der Waals surface area (Å²) in [5, 5.41) is 3.88. The Morgan fingerprint density at radius 2 is 2.03 bits per heavy atom. The van der Waals surface area contributed by atoms with Crippen molar-refractivity contribution in [2.75, 3.05) is 19.6 Å². The Morgan fingerprint density at radius 3 is 2.83 bits per heavy atom. The monoisotopic (exact) mass is 428 g/mol. The second-order valence-corrected chi connectivity index (χ2v) is 7.93. The second-order valence-electron chi connectivity index (χ2n) is 7.93. The number of hydrogen-bond donors (Lipinski definition) is 1. The number of fused-ring (bicyclic) bond motifs is 2. The van der Waals surface area contributed by atoms with Crippen molar-refractivity contribution >= 4 is 29.2 Å². The van der Waals surface area contributed by atoms with Crippen molar-refractivity contribution < 1.29 is 9.18 Å². The van der Waals surface area contributed by atoms with E-state index >= 15 is 0 Å². The number of carbonyl (C=O) groups excluding carboxylic acids is 1. The highest BCUT2D eigenvalue weighted by atomic mass is 35.5. The van der Waals surface area contributed by atoms with E-state index in [1.807, 2.05) is 11.0 Å². The third-order valence-electron chi connectivity index (χ3n) is 6.18. The van der Waals surface area contributed by atoms with E-state index in [4.69, 9.17) is 0 Å². The molecule has 0 unspecified atom stereocenters. The number of carbonyl (C=O) groups is 1. The molecule has 0 aliphatic carbocycles. The van der Waals surface area contributed by atoms with Gasteiger partial charge in [-0.2, -0.15) is 0 Å². The summed E-state index contributed by atoms with van der Waals surface area (Å²) in [4.78, 5) is 31.8. The molecule has 3 aromatic rings. The quantitative estimate of drug-likeness (QED) is 0.681. The van der Waals surface area contributed by atoms with Gasteiger partial charge in [0.25, 0.3) is 11.5 Å². The van der Waals surface area contributed by atoms with Crippen LogP contribution in [0.3, 0.4) is 0 Å². The van der Waals surface area contributed by atoms with Crippen molar-refractivity contribution in [2.45, 2.75) is 6.04 Å². The van der Waals surface area contributed by atoms with Gasteiger partial charge in [0.15, 0.2) is 0 Å². The third kappa shape index (κ3) is 3.28. The van der Waals surface area contributed by atoms with Crippen LogP contribution in [0.4, 0.5) is 4.39 Å². The molecule has 2 aromatic carbocycles. The fraction of sp³-hybridized carbons (Fsp3) is 0.318. The van der Waals surface area contributed by atoms with Gasteiger partial charge >= 0.3 is 0 Å². The Balaban J connectivity index is 0.00000218. The number of rotatable bonds is 2. The number of likely N-dealkylation sites (tertiary alicyclic amines) is 1. The predicted octanol–water partition coefficient (Wildman–Crippen LogP) is 2.53. The van der Waals surface area contributed by atoms with Crippen molar-refractivity contribution in [3.8, 4) is 0 Å². The number of nitrogens with one attached hydrogen (secondary N) is 1. The van der Waals surface area contributed by atoms with E-state index in [0.29, 0.717) is 28.9 Å². The lowest BCUT2D eigenvalue weighted by molar-refractivity contribution is 0.0714. The lowest BCUT2D eigenvalue weighted by atomic mass is 9.89. The molecule has 1 amide bonds. The van der Waals surface area contributed by atoms with Crippen molar-refractivity contribution in [1.82, 2.24) is 19.8 Å². The van der Waals surface area contributed by atoms with Gasteiger partial charge in [0.2, 0.25) is 0 Å². The second kappa shape index (κ2) is 7.81. The minimum atomic E-state index is -0.296. The van der Waals surface area contributed by atoms with Crippen molar-refractivity contribution in [1.29, 1.82) is 0 Å². The Kier molecular flexibility index (Phi) is 5.34. The van der Waals surface area contributed by atoms with E-state index in [1.54, 1.807) is 31.3 Å². The fourth-order valence-corrected chi connectivity index (χ4v) is 4.76. The molecule has 2 aliphatic rings. The van der Waals surface area contributed by atoms with Gasteiger partial charge in [-0.3, -0.25) is 9.59 Å². The molecule has 156 valence electrons. The van der Waals surface area contributed by atoms with E-state index < -0.39 is 0 Å². The topological polar surface area (TPSA) is 67.2 Å². The van der Waals surface area contributed by atoms with E-state index in [-0.39, 0.29) is 41.7 Å². The van der Waals surface area contributed by atoms with E-state index in [1.165, 1.54) is 23.0 Å². The number of nitrogens with zero attached hydrogens (tertiary/aromatic N) is 3. The molecule has 0 radical (unpaired) electrons. The van der Waals surface area contributed by atoms with Gasteiger partial charge in [0.1, 0.15) is 5.82 Å². The first-order chi connectivity index (χ1) is 14.0. The average molecular weight is 429 g/mol. The molecular formula is C22H22ClFN4O2. The van der Waals surface area contributed by atoms with Crippen LogP contribution in [0.5, 0.6) is 0 Å². The van der Waals surface area contributed by atoms with Crippen LogP contribution in [-0.4, -0.2) is 40.0 Å². The largest absolute Gasteiger partial charge is 0.331 e. The number of halogens is 2. The van der Waals surface area contributed by atoms with Crippen molar-refractivity contribution in [3.05, 3.63) is 76.1 Å². The van der Waals surface area contributed by atoms with E-state index in [9.17, 15) is 14.0 Å². The van der Waals surface area contributed by atoms with Crippen LogP contribution >= 0.6 is 12.4 Å². The van der Waals surface area contributed by atoms with Gasteiger partial charge in [-0.25, -0.2) is 9.37 Å². The van der Waals surface area contributed by atoms with Gasteiger partial charge in [-0.1, -0.05) is 12.1 Å². The van der Waals surface area contributed by atoms with Crippen LogP contribution in [0.15, 0.2) is 53.6 Å². The van der Waals surface area contributed by atoms with Crippen molar-refractivity contribution in [3.63, 3.8) is 0 Å². The van der Waals surface area contributed by atoms with Gasteiger partial charge in [-0.15, -0.1) is 12.4 Å². The number of aryl methyl sites for hydroxylation is 1. The molecular weight excluding hydrogens is 407 g/mol. The summed E-state index contributed by atoms with van der Waals surface area (Å²) in [5.74, 6) is 0.192. The molecule has 30 heavy (non-hydrogen) atoms. The highest BCUT2D eigenvalue weighted by Gasteiger charge is 2.46. The third-order valence-corrected chi connectivity index (χ3v) is 6.18. The molecule has 6 nitrogen and oxygen atoms in total. The summed E-state index contributed by atoms with van der Waals surface area (Å²) in [6.07, 6.45) is 1.46. The fourth-order valence-electron chi connectivity index (χ4n) is 4.76. The zero-order valence-electron chi connectivity index (χ0n) is 16.4. The van der Waals surface area contributed by atoms with Crippen LogP contribution in [0, 0.1) is 17.7 Å². The molecule has 1 aromatic heterocycles. The molecule has 2 fully saturated rings. The first-order valence-electron chi connectivity index (χ1n) is 9.75. The zero-order valence-corrected chi connectivity index (χ0v) is 17.2. The summed E-state index contributed by atoms with van der Waals surface area (Å²) >= 11 is 0. The highest BCUT2D eigenvalue weighted by Crippen LogP contribution is 2.43. The van der Waals surface area contributed by atoms with Crippen LogP contribution in [0.2, 0.25) is 0 Å². The first-order valence-corrected chi connectivity index (χ1v) is 9.75. The Bertz CT molecular complexity index is 1180. The number of aromatic nitrogens is 2. The van der Waals surface area contributed by atoms with Gasteiger partial charge < -0.3 is 14.8 Å². The van der Waals surface area contributed by atoms with Crippen LogP contribution < -0.4 is 10.9 Å². The van der Waals surface area contributed by atoms with Crippen LogP contribution in [0.1, 0.15) is 22.0 Å². The maximum Gasteiger partial charge on any atom is 0.260 e. The summed E-state index contributed by atoms with van der Waals surface area (Å²) in [5.41, 5.74) is 1.67. The standard InChI is InChI=1S/C22H21FN4O2.ClH/c1-26-12-25-19-8-14(5-6-17(19)22(26)29)21(28)27-11-15-9-24-10-18(15)20(27)13-3-2-4-16(23)7-13;/h2-8,12,15,18,20,24H,9-11H2,1H3;1H/t15-,18-,20+;/m0./s1. The SMILES string of the molecule is Cl.Cn1cnc2cc(C(=O)N3C[C@@H]4CNC[C@@H]4[C@H]3c3cccc(F)c3)ccc2c1=O. The summed E-state index contributed by atoms with van der Waals surface area (Å²) in [7, 11) is 1.65. The zero-order chi connectivity index (χ0) is 20.1. The molecule has 0 saturated carbocycles. The number of amides is 1. The molecule has 3 atom stereocenters. The molecule has 0 bridgehead atoms. The average Bonchev–Trinajstić information content (AvgIpc) is 3.31. The smallest absolute Gasteiger partial charge is 0.260 e. The first kappa shape index (κ1) is 20.5. The minimum Gasteiger partial charge on any atom is -0.331 e. The molecule has 1 N–H and O–H groups in total. The maximum atomic E-state index is 13.9. The highest BCUT2D eigenvalue weighted by molar-refractivity contribution is 5.98. The normalized spacial score (nSPS) is 22.7. The van der Waals surface area contributed by atoms with E-state index in [0.717, 1.165) is 18.7 Å². The molecule has 2 aliphatic heterocycles. The van der Waals surface area contributed by atoms with Crippen LogP contribution in [0.25, 0.3) is 10.9 Å². The maximum absolute atomic E-state index is 13.9. The van der Waals surface area contributed by atoms with E-state index in [2.05, 4.69) is 10.3 Å². The molecule has 2 saturated heterocycles. The molecule has 5 rings (SSSR count). The van der Waals surface area contributed by atoms with Gasteiger partial charge in [0.05, 0.1) is 23.3 Å².